The smallest absolute Gasteiger partial charge is 0.261 e. The molecule has 0 spiro atoms. The number of hydrogen-bond donors (Lipinski definition) is 1. The van der Waals surface area contributed by atoms with Crippen molar-refractivity contribution in [2.75, 3.05) is 13.2 Å². The van der Waals surface area contributed by atoms with Gasteiger partial charge in [0.2, 0.25) is 5.91 Å². The van der Waals surface area contributed by atoms with Gasteiger partial charge in [0, 0.05) is 13.1 Å². The Hall–Kier alpha value is -2.28. The number of halogens is 3. The summed E-state index contributed by atoms with van der Waals surface area (Å²) in [6.45, 7) is 4.19. The minimum Gasteiger partial charge on any atom is -0.483 e. The fourth-order valence-electron chi connectivity index (χ4n) is 3.36. The predicted molar refractivity (Wildman–Crippen MR) is 137 cm³/mol. The highest BCUT2D eigenvalue weighted by Crippen LogP contribution is 2.33. The molecule has 0 radical (unpaired) electrons. The van der Waals surface area contributed by atoms with Crippen molar-refractivity contribution >= 4 is 61.7 Å². The summed E-state index contributed by atoms with van der Waals surface area (Å²) in [4.78, 5) is 27.3. The molecular formula is C25H25BrCl2N2O3. The average Bonchev–Trinajstić information content (AvgIpc) is 2.82. The number of fused-ring (bicyclic) bond motifs is 1. The highest BCUT2D eigenvalue weighted by atomic mass is 79.9. The van der Waals surface area contributed by atoms with Crippen molar-refractivity contribution < 1.29 is 14.3 Å². The molecule has 3 aromatic rings. The van der Waals surface area contributed by atoms with E-state index in [-0.39, 0.29) is 25.0 Å². The lowest BCUT2D eigenvalue weighted by molar-refractivity contribution is -0.142. The summed E-state index contributed by atoms with van der Waals surface area (Å²) in [5.41, 5.74) is 0.764. The Balaban J connectivity index is 1.79. The monoisotopic (exact) mass is 550 g/mol. The van der Waals surface area contributed by atoms with Crippen molar-refractivity contribution in [2.45, 2.75) is 32.9 Å². The normalized spacial score (nSPS) is 11.8. The zero-order valence-electron chi connectivity index (χ0n) is 18.4. The Bertz CT molecular complexity index is 1160. The summed E-state index contributed by atoms with van der Waals surface area (Å²) in [5.74, 6) is 0.0112. The second kappa shape index (κ2) is 11.7. The minimum atomic E-state index is -0.692. The Morgan fingerprint density at radius 3 is 2.58 bits per heavy atom. The lowest BCUT2D eigenvalue weighted by Gasteiger charge is -2.29. The summed E-state index contributed by atoms with van der Waals surface area (Å²) in [7, 11) is 0. The molecule has 0 aliphatic carbocycles. The first kappa shape index (κ1) is 25.3. The number of ether oxygens (including phenoxy) is 1. The summed E-state index contributed by atoms with van der Waals surface area (Å²) in [6, 6.07) is 16.1. The second-order valence-corrected chi connectivity index (χ2v) is 9.23. The predicted octanol–water partition coefficient (Wildman–Crippen LogP) is 6.23. The third kappa shape index (κ3) is 6.40. The summed E-state index contributed by atoms with van der Waals surface area (Å²) >= 11 is 15.7. The molecule has 0 aromatic heterocycles. The van der Waals surface area contributed by atoms with Crippen LogP contribution >= 0.6 is 39.1 Å². The van der Waals surface area contributed by atoms with Gasteiger partial charge in [-0.25, -0.2) is 0 Å². The topological polar surface area (TPSA) is 58.6 Å². The van der Waals surface area contributed by atoms with Gasteiger partial charge in [-0.2, -0.15) is 0 Å². The van der Waals surface area contributed by atoms with E-state index in [9.17, 15) is 9.59 Å². The van der Waals surface area contributed by atoms with Crippen molar-refractivity contribution in [1.82, 2.24) is 10.2 Å². The molecule has 5 nitrogen and oxygen atoms in total. The maximum absolute atomic E-state index is 13.2. The van der Waals surface area contributed by atoms with Gasteiger partial charge >= 0.3 is 0 Å². The highest BCUT2D eigenvalue weighted by molar-refractivity contribution is 9.10. The van der Waals surface area contributed by atoms with E-state index < -0.39 is 6.04 Å². The van der Waals surface area contributed by atoms with Crippen LogP contribution in [0, 0.1) is 0 Å². The Morgan fingerprint density at radius 1 is 1.09 bits per heavy atom. The number of rotatable bonds is 9. The molecule has 0 heterocycles. The van der Waals surface area contributed by atoms with Crippen LogP contribution in [0.2, 0.25) is 10.0 Å². The standard InChI is InChI=1S/C25H25BrCl2N2O3/c1-3-12-29-25(32)16(2)30(14-17-8-10-20(27)21(28)13-17)23(31)15-33-22-11-9-18-6-4-5-7-19(18)24(22)26/h4-11,13,16H,3,12,14-15H2,1-2H3,(H,29,32)/t16-/m0/s1. The first-order chi connectivity index (χ1) is 15.8. The van der Waals surface area contributed by atoms with Crippen LogP contribution in [0.3, 0.4) is 0 Å². The van der Waals surface area contributed by atoms with Crippen LogP contribution in [0.1, 0.15) is 25.8 Å². The molecule has 174 valence electrons. The summed E-state index contributed by atoms with van der Waals surface area (Å²) in [5, 5.41) is 5.71. The van der Waals surface area contributed by atoms with E-state index in [1.807, 2.05) is 43.3 Å². The van der Waals surface area contributed by atoms with Crippen molar-refractivity contribution in [1.29, 1.82) is 0 Å². The molecular weight excluding hydrogens is 527 g/mol. The molecule has 2 amide bonds. The van der Waals surface area contributed by atoms with Gasteiger partial charge in [0.25, 0.3) is 5.91 Å². The van der Waals surface area contributed by atoms with Gasteiger partial charge in [0.15, 0.2) is 6.61 Å². The number of nitrogens with one attached hydrogen (secondary N) is 1. The van der Waals surface area contributed by atoms with E-state index >= 15 is 0 Å². The molecule has 0 aliphatic rings. The minimum absolute atomic E-state index is 0.193. The van der Waals surface area contributed by atoms with Crippen molar-refractivity contribution in [3.63, 3.8) is 0 Å². The Morgan fingerprint density at radius 2 is 1.85 bits per heavy atom. The number of benzene rings is 3. The molecule has 33 heavy (non-hydrogen) atoms. The Labute approximate surface area is 212 Å². The van der Waals surface area contributed by atoms with E-state index in [2.05, 4.69) is 21.2 Å². The van der Waals surface area contributed by atoms with Crippen molar-refractivity contribution in [2.24, 2.45) is 0 Å². The first-order valence-corrected chi connectivity index (χ1v) is 12.2. The van der Waals surface area contributed by atoms with Gasteiger partial charge in [0.1, 0.15) is 11.8 Å². The molecule has 3 rings (SSSR count). The van der Waals surface area contributed by atoms with Gasteiger partial charge in [-0.3, -0.25) is 9.59 Å². The van der Waals surface area contributed by atoms with Crippen LogP contribution < -0.4 is 10.1 Å². The number of hydrogen-bond acceptors (Lipinski definition) is 3. The van der Waals surface area contributed by atoms with Crippen LogP contribution in [-0.4, -0.2) is 35.9 Å². The fraction of sp³-hybridized carbons (Fsp3) is 0.280. The van der Waals surface area contributed by atoms with Gasteiger partial charge in [-0.1, -0.05) is 66.5 Å². The fourth-order valence-corrected chi connectivity index (χ4v) is 4.29. The van der Waals surface area contributed by atoms with E-state index in [1.54, 1.807) is 25.1 Å². The molecule has 1 N–H and O–H groups in total. The maximum atomic E-state index is 13.2. The van der Waals surface area contributed by atoms with Crippen LogP contribution in [-0.2, 0) is 16.1 Å². The van der Waals surface area contributed by atoms with Crippen LogP contribution in [0.5, 0.6) is 5.75 Å². The van der Waals surface area contributed by atoms with Crippen LogP contribution in [0.15, 0.2) is 59.1 Å². The van der Waals surface area contributed by atoms with Crippen LogP contribution in [0.4, 0.5) is 0 Å². The zero-order valence-corrected chi connectivity index (χ0v) is 21.5. The molecule has 0 aliphatic heterocycles. The highest BCUT2D eigenvalue weighted by Gasteiger charge is 2.26. The lowest BCUT2D eigenvalue weighted by Crippen LogP contribution is -2.49. The molecule has 8 heteroatoms. The average molecular weight is 552 g/mol. The zero-order chi connectivity index (χ0) is 24.0. The van der Waals surface area contributed by atoms with Gasteiger partial charge in [-0.05, 0) is 63.8 Å². The maximum Gasteiger partial charge on any atom is 0.261 e. The largest absolute Gasteiger partial charge is 0.483 e. The summed E-state index contributed by atoms with van der Waals surface area (Å²) < 4.78 is 6.64. The molecule has 0 saturated heterocycles. The molecule has 0 saturated carbocycles. The van der Waals surface area contributed by atoms with Crippen molar-refractivity contribution in [3.05, 3.63) is 74.7 Å². The molecule has 3 aromatic carbocycles. The first-order valence-electron chi connectivity index (χ1n) is 10.6. The second-order valence-electron chi connectivity index (χ2n) is 7.62. The Kier molecular flexibility index (Phi) is 9.01. The van der Waals surface area contributed by atoms with Crippen molar-refractivity contribution in [3.8, 4) is 5.75 Å². The molecule has 0 unspecified atom stereocenters. The van der Waals surface area contributed by atoms with Gasteiger partial charge < -0.3 is 15.0 Å². The summed E-state index contributed by atoms with van der Waals surface area (Å²) in [6.07, 6.45) is 0.804. The lowest BCUT2D eigenvalue weighted by atomic mass is 10.1. The van der Waals surface area contributed by atoms with Crippen LogP contribution in [0.25, 0.3) is 10.8 Å². The van der Waals surface area contributed by atoms with E-state index in [0.717, 1.165) is 27.2 Å². The number of nitrogens with zero attached hydrogens (tertiary/aromatic N) is 1. The number of carbonyl (C=O) groups excluding carboxylic acids is 2. The SMILES string of the molecule is CCCNC(=O)[C@H](C)N(Cc1ccc(Cl)c(Cl)c1)C(=O)COc1ccc2ccccc2c1Br. The third-order valence-corrected chi connectivity index (χ3v) is 6.79. The molecule has 1 atom stereocenters. The third-order valence-electron chi connectivity index (χ3n) is 5.23. The quantitative estimate of drug-likeness (QED) is 0.343. The number of amides is 2. The van der Waals surface area contributed by atoms with E-state index in [0.29, 0.717) is 22.3 Å². The molecule has 0 fully saturated rings. The van der Waals surface area contributed by atoms with Gasteiger partial charge in [0.05, 0.1) is 14.5 Å². The van der Waals surface area contributed by atoms with E-state index in [4.69, 9.17) is 27.9 Å². The molecule has 0 bridgehead atoms. The van der Waals surface area contributed by atoms with E-state index in [1.165, 1.54) is 4.90 Å². The van der Waals surface area contributed by atoms with Gasteiger partial charge in [-0.15, -0.1) is 0 Å². The number of carbonyl (C=O) groups is 2.